The summed E-state index contributed by atoms with van der Waals surface area (Å²) in [6.07, 6.45) is 0.290. The van der Waals surface area contributed by atoms with Gasteiger partial charge in [-0.1, -0.05) is 48.5 Å². The number of hydrogen-bond donors (Lipinski definition) is 2. The van der Waals surface area contributed by atoms with E-state index in [1.165, 1.54) is 24.3 Å². The Balaban J connectivity index is 1.73. The van der Waals surface area contributed by atoms with Gasteiger partial charge in [0.15, 0.2) is 0 Å². The fraction of sp³-hybridized carbons (Fsp3) is 0.130. The van der Waals surface area contributed by atoms with Crippen molar-refractivity contribution >= 4 is 17.5 Å². The van der Waals surface area contributed by atoms with Crippen molar-refractivity contribution in [2.45, 2.75) is 19.1 Å². The van der Waals surface area contributed by atoms with Gasteiger partial charge in [-0.25, -0.2) is 0 Å². The summed E-state index contributed by atoms with van der Waals surface area (Å²) >= 11 is 0. The summed E-state index contributed by atoms with van der Waals surface area (Å²) in [5.74, 6) is -0.806. The van der Waals surface area contributed by atoms with Crippen molar-refractivity contribution in [2.75, 3.05) is 5.32 Å². The number of carbonyl (C=O) groups is 2. The number of amides is 2. The molecule has 3 rings (SSSR count). The van der Waals surface area contributed by atoms with Crippen LogP contribution in [0, 0.1) is 0 Å². The molecule has 30 heavy (non-hydrogen) atoms. The van der Waals surface area contributed by atoms with Crippen LogP contribution in [0.1, 0.15) is 15.9 Å². The predicted octanol–water partition coefficient (Wildman–Crippen LogP) is 4.27. The van der Waals surface area contributed by atoms with E-state index in [0.29, 0.717) is 11.3 Å². The second kappa shape index (κ2) is 10.2. The lowest BCUT2D eigenvalue weighted by molar-refractivity contribution is -0.118. The largest absolute Gasteiger partial charge is 0.435 e. The van der Waals surface area contributed by atoms with Crippen LogP contribution < -0.4 is 15.4 Å². The number of alkyl halides is 2. The Kier molecular flexibility index (Phi) is 7.10. The molecule has 0 aliphatic rings. The van der Waals surface area contributed by atoms with Gasteiger partial charge in [-0.15, -0.1) is 0 Å². The molecule has 0 aliphatic carbocycles. The molecule has 5 nitrogen and oxygen atoms in total. The highest BCUT2D eigenvalue weighted by molar-refractivity contribution is 6.01. The van der Waals surface area contributed by atoms with Crippen LogP contribution in [0.15, 0.2) is 84.9 Å². The minimum absolute atomic E-state index is 0.0128. The number of benzene rings is 3. The molecular formula is C23H20F2N2O3. The standard InChI is InChI=1S/C23H20F2N2O3/c24-23(25)30-19-13-11-18(12-14-19)26-22(29)20(15-16-7-3-1-4-8-16)27-21(28)17-9-5-2-6-10-17/h1-14,20,23H,15H2,(H,26,29)(H,27,28)/t20-/m1/s1. The zero-order chi connectivity index (χ0) is 21.3. The number of carbonyl (C=O) groups excluding carboxylic acids is 2. The molecule has 7 heteroatoms. The van der Waals surface area contributed by atoms with Crippen LogP contribution in [0.4, 0.5) is 14.5 Å². The van der Waals surface area contributed by atoms with Crippen LogP contribution in [0.3, 0.4) is 0 Å². The first kappa shape index (κ1) is 21.0. The number of ether oxygens (including phenoxy) is 1. The lowest BCUT2D eigenvalue weighted by Crippen LogP contribution is -2.45. The molecule has 0 aliphatic heterocycles. The molecule has 0 aromatic heterocycles. The number of anilines is 1. The second-order valence-corrected chi connectivity index (χ2v) is 6.47. The minimum atomic E-state index is -2.92. The third kappa shape index (κ3) is 6.13. The molecule has 0 unspecified atom stereocenters. The fourth-order valence-electron chi connectivity index (χ4n) is 2.84. The Morgan fingerprint density at radius 2 is 1.43 bits per heavy atom. The monoisotopic (exact) mass is 410 g/mol. The molecule has 3 aromatic rings. The summed E-state index contributed by atoms with van der Waals surface area (Å²) in [7, 11) is 0. The van der Waals surface area contributed by atoms with E-state index in [0.717, 1.165) is 5.56 Å². The summed E-state index contributed by atoms with van der Waals surface area (Å²) in [6, 6.07) is 22.6. The third-order valence-electron chi connectivity index (χ3n) is 4.29. The summed E-state index contributed by atoms with van der Waals surface area (Å²) in [5, 5.41) is 5.47. The Morgan fingerprint density at radius 3 is 2.03 bits per heavy atom. The van der Waals surface area contributed by atoms with Gasteiger partial charge in [0.25, 0.3) is 5.91 Å². The van der Waals surface area contributed by atoms with E-state index in [1.807, 2.05) is 30.3 Å². The highest BCUT2D eigenvalue weighted by atomic mass is 19.3. The van der Waals surface area contributed by atoms with Crippen molar-refractivity contribution in [1.82, 2.24) is 5.32 Å². The average molecular weight is 410 g/mol. The summed E-state index contributed by atoms with van der Waals surface area (Å²) in [5.41, 5.74) is 1.72. The van der Waals surface area contributed by atoms with Gasteiger partial charge in [0, 0.05) is 17.7 Å². The molecule has 3 aromatic carbocycles. The van der Waals surface area contributed by atoms with E-state index in [1.54, 1.807) is 30.3 Å². The van der Waals surface area contributed by atoms with Crippen molar-refractivity contribution < 1.29 is 23.1 Å². The molecule has 0 bridgehead atoms. The Bertz CT molecular complexity index is 965. The van der Waals surface area contributed by atoms with Crippen LogP contribution in [0.2, 0.25) is 0 Å². The van der Waals surface area contributed by atoms with Crippen LogP contribution in [-0.2, 0) is 11.2 Å². The topological polar surface area (TPSA) is 67.4 Å². The van der Waals surface area contributed by atoms with Gasteiger partial charge < -0.3 is 15.4 Å². The lowest BCUT2D eigenvalue weighted by Gasteiger charge is -2.19. The van der Waals surface area contributed by atoms with E-state index in [4.69, 9.17) is 0 Å². The highest BCUT2D eigenvalue weighted by Crippen LogP contribution is 2.18. The van der Waals surface area contributed by atoms with Crippen molar-refractivity contribution in [2.24, 2.45) is 0 Å². The molecule has 0 spiro atoms. The molecule has 2 amide bonds. The maximum atomic E-state index is 12.9. The van der Waals surface area contributed by atoms with Crippen LogP contribution in [0.5, 0.6) is 5.75 Å². The van der Waals surface area contributed by atoms with Gasteiger partial charge in [0.2, 0.25) is 5.91 Å². The summed E-state index contributed by atoms with van der Waals surface area (Å²) < 4.78 is 28.8. The Morgan fingerprint density at radius 1 is 0.833 bits per heavy atom. The zero-order valence-electron chi connectivity index (χ0n) is 15.9. The molecule has 1 atom stereocenters. The Hall–Kier alpha value is -3.74. The lowest BCUT2D eigenvalue weighted by atomic mass is 10.0. The number of rotatable bonds is 8. The van der Waals surface area contributed by atoms with Gasteiger partial charge >= 0.3 is 6.61 Å². The first-order chi connectivity index (χ1) is 14.5. The summed E-state index contributed by atoms with van der Waals surface area (Å²) in [4.78, 5) is 25.4. The Labute approximate surface area is 172 Å². The van der Waals surface area contributed by atoms with Gasteiger partial charge in [0.05, 0.1) is 0 Å². The third-order valence-corrected chi connectivity index (χ3v) is 4.29. The SMILES string of the molecule is O=C(N[C@H](Cc1ccccc1)C(=O)Nc1ccc(OC(F)F)cc1)c1ccccc1. The molecule has 0 saturated heterocycles. The quantitative estimate of drug-likeness (QED) is 0.583. The van der Waals surface area contributed by atoms with Crippen LogP contribution >= 0.6 is 0 Å². The van der Waals surface area contributed by atoms with Gasteiger partial charge in [-0.2, -0.15) is 8.78 Å². The predicted molar refractivity (Wildman–Crippen MR) is 110 cm³/mol. The molecule has 2 N–H and O–H groups in total. The molecule has 0 radical (unpaired) electrons. The highest BCUT2D eigenvalue weighted by Gasteiger charge is 2.22. The van der Waals surface area contributed by atoms with E-state index >= 15 is 0 Å². The minimum Gasteiger partial charge on any atom is -0.435 e. The first-order valence-corrected chi connectivity index (χ1v) is 9.27. The number of nitrogens with one attached hydrogen (secondary N) is 2. The first-order valence-electron chi connectivity index (χ1n) is 9.27. The van der Waals surface area contributed by atoms with Crippen molar-refractivity contribution in [3.8, 4) is 5.75 Å². The van der Waals surface area contributed by atoms with E-state index < -0.39 is 18.6 Å². The zero-order valence-corrected chi connectivity index (χ0v) is 15.9. The normalized spacial score (nSPS) is 11.6. The van der Waals surface area contributed by atoms with Gasteiger partial charge in [-0.3, -0.25) is 9.59 Å². The summed E-state index contributed by atoms with van der Waals surface area (Å²) in [6.45, 7) is -2.92. The van der Waals surface area contributed by atoms with E-state index in [-0.39, 0.29) is 18.1 Å². The molecule has 154 valence electrons. The smallest absolute Gasteiger partial charge is 0.387 e. The van der Waals surface area contributed by atoms with Crippen LogP contribution in [-0.4, -0.2) is 24.5 Å². The molecular weight excluding hydrogens is 390 g/mol. The maximum Gasteiger partial charge on any atom is 0.387 e. The maximum absolute atomic E-state index is 12.9. The second-order valence-electron chi connectivity index (χ2n) is 6.47. The number of hydrogen-bond acceptors (Lipinski definition) is 3. The van der Waals surface area contributed by atoms with Crippen molar-refractivity contribution in [3.05, 3.63) is 96.1 Å². The van der Waals surface area contributed by atoms with Gasteiger partial charge in [-0.05, 0) is 42.0 Å². The van der Waals surface area contributed by atoms with E-state index in [9.17, 15) is 18.4 Å². The van der Waals surface area contributed by atoms with Gasteiger partial charge in [0.1, 0.15) is 11.8 Å². The van der Waals surface area contributed by atoms with E-state index in [2.05, 4.69) is 15.4 Å². The van der Waals surface area contributed by atoms with Crippen LogP contribution in [0.25, 0.3) is 0 Å². The average Bonchev–Trinajstić information content (AvgIpc) is 2.75. The van der Waals surface area contributed by atoms with Crippen molar-refractivity contribution in [3.63, 3.8) is 0 Å². The molecule has 0 heterocycles. The molecule has 0 fully saturated rings. The fourth-order valence-corrected chi connectivity index (χ4v) is 2.84. The van der Waals surface area contributed by atoms with Crippen molar-refractivity contribution in [1.29, 1.82) is 0 Å². The molecule has 0 saturated carbocycles. The number of halogens is 2.